The Labute approximate surface area is 149 Å². The lowest BCUT2D eigenvalue weighted by molar-refractivity contribution is -0.133. The van der Waals surface area contributed by atoms with Crippen molar-refractivity contribution >= 4 is 34.4 Å². The minimum atomic E-state index is -1.14. The van der Waals surface area contributed by atoms with E-state index >= 15 is 0 Å². The van der Waals surface area contributed by atoms with Gasteiger partial charge in [0, 0.05) is 10.5 Å². The number of aliphatic carboxylic acids is 1. The second kappa shape index (κ2) is 6.18. The minimum absolute atomic E-state index is 0.0864. The van der Waals surface area contributed by atoms with Crippen molar-refractivity contribution in [3.05, 3.63) is 83.6 Å². The number of rotatable bonds is 3. The fraction of sp³-hybridized carbons (Fsp3) is 0.0500. The first-order valence-electron chi connectivity index (χ1n) is 7.83. The molecule has 1 aliphatic heterocycles. The normalized spacial score (nSPS) is 13.8. The second-order valence-electron chi connectivity index (χ2n) is 5.78. The van der Waals surface area contributed by atoms with Crippen LogP contribution in [0.15, 0.2) is 77.3 Å². The fourth-order valence-corrected chi connectivity index (χ4v) is 4.24. The summed E-state index contributed by atoms with van der Waals surface area (Å²) in [4.78, 5) is 12.6. The van der Waals surface area contributed by atoms with Gasteiger partial charge in [0.1, 0.15) is 0 Å². The summed E-state index contributed by atoms with van der Waals surface area (Å²) in [5, 5.41) is 22.3. The van der Waals surface area contributed by atoms with Crippen LogP contribution in [0.25, 0.3) is 16.5 Å². The molecule has 0 fully saturated rings. The Balaban J connectivity index is 1.87. The number of aliphatic hydroxyl groups excluding tert-OH is 1. The molecule has 5 heteroatoms. The zero-order valence-electron chi connectivity index (χ0n) is 13.2. The van der Waals surface area contributed by atoms with Gasteiger partial charge in [0.25, 0.3) is 0 Å². The summed E-state index contributed by atoms with van der Waals surface area (Å²) in [7, 11) is 0. The lowest BCUT2D eigenvalue weighted by atomic mass is 10.0. The number of benzene rings is 3. The van der Waals surface area contributed by atoms with Crippen molar-refractivity contribution in [1.29, 1.82) is 0 Å². The van der Waals surface area contributed by atoms with Gasteiger partial charge in [0.05, 0.1) is 6.54 Å². The SMILES string of the molecule is O=C(O)C1=C(O)c2ccc3ccccc3c2SN1Cc1ccccc1. The largest absolute Gasteiger partial charge is 0.505 e. The first-order valence-corrected chi connectivity index (χ1v) is 8.60. The molecule has 0 spiro atoms. The minimum Gasteiger partial charge on any atom is -0.505 e. The second-order valence-corrected chi connectivity index (χ2v) is 6.81. The average Bonchev–Trinajstić information content (AvgIpc) is 2.62. The van der Waals surface area contributed by atoms with Crippen LogP contribution in [0.1, 0.15) is 11.1 Å². The zero-order chi connectivity index (χ0) is 17.4. The number of aliphatic hydroxyl groups is 1. The molecule has 0 bridgehead atoms. The molecule has 3 aromatic carbocycles. The summed E-state index contributed by atoms with van der Waals surface area (Å²) in [6.45, 7) is 0.389. The fourth-order valence-electron chi connectivity index (χ4n) is 3.00. The third-order valence-corrected chi connectivity index (χ3v) is 5.34. The predicted molar refractivity (Wildman–Crippen MR) is 99.0 cm³/mol. The van der Waals surface area contributed by atoms with Gasteiger partial charge in [-0.3, -0.25) is 4.31 Å². The van der Waals surface area contributed by atoms with E-state index in [2.05, 4.69) is 0 Å². The molecule has 0 saturated carbocycles. The van der Waals surface area contributed by atoms with Gasteiger partial charge in [-0.2, -0.15) is 0 Å². The Hall–Kier alpha value is -2.92. The Bertz CT molecular complexity index is 998. The van der Waals surface area contributed by atoms with Crippen molar-refractivity contribution in [1.82, 2.24) is 4.31 Å². The Kier molecular flexibility index (Phi) is 3.86. The van der Waals surface area contributed by atoms with Crippen LogP contribution in [0.5, 0.6) is 0 Å². The number of carboxylic acids is 1. The van der Waals surface area contributed by atoms with E-state index in [-0.39, 0.29) is 11.5 Å². The third-order valence-electron chi connectivity index (χ3n) is 4.18. The van der Waals surface area contributed by atoms with Crippen LogP contribution in [-0.4, -0.2) is 20.5 Å². The zero-order valence-corrected chi connectivity index (χ0v) is 14.0. The monoisotopic (exact) mass is 349 g/mol. The van der Waals surface area contributed by atoms with Gasteiger partial charge in [-0.15, -0.1) is 0 Å². The maximum absolute atomic E-state index is 11.8. The summed E-state index contributed by atoms with van der Waals surface area (Å²) in [6.07, 6.45) is 0. The summed E-state index contributed by atoms with van der Waals surface area (Å²) < 4.78 is 1.64. The van der Waals surface area contributed by atoms with Gasteiger partial charge in [-0.25, -0.2) is 4.79 Å². The van der Waals surface area contributed by atoms with Crippen LogP contribution in [0, 0.1) is 0 Å². The molecule has 1 aliphatic rings. The maximum atomic E-state index is 11.8. The van der Waals surface area contributed by atoms with E-state index < -0.39 is 5.97 Å². The van der Waals surface area contributed by atoms with Gasteiger partial charge < -0.3 is 10.2 Å². The lowest BCUT2D eigenvalue weighted by Gasteiger charge is -2.30. The van der Waals surface area contributed by atoms with E-state index in [9.17, 15) is 15.0 Å². The molecular formula is C20H15NO3S. The molecule has 0 unspecified atom stereocenters. The molecule has 25 heavy (non-hydrogen) atoms. The van der Waals surface area contributed by atoms with E-state index in [1.165, 1.54) is 11.9 Å². The number of carboxylic acid groups (broad SMARTS) is 1. The molecule has 2 N–H and O–H groups in total. The molecule has 0 amide bonds. The van der Waals surface area contributed by atoms with Crippen LogP contribution in [-0.2, 0) is 11.3 Å². The number of fused-ring (bicyclic) bond motifs is 3. The maximum Gasteiger partial charge on any atom is 0.356 e. The summed E-state index contributed by atoms with van der Waals surface area (Å²) in [6, 6.07) is 21.2. The quantitative estimate of drug-likeness (QED) is 0.673. The van der Waals surface area contributed by atoms with Crippen molar-refractivity contribution in [3.8, 4) is 0 Å². The van der Waals surface area contributed by atoms with E-state index in [0.29, 0.717) is 12.1 Å². The number of hydrogen-bond acceptors (Lipinski definition) is 4. The van der Waals surface area contributed by atoms with Gasteiger partial charge in [0.2, 0.25) is 0 Å². The van der Waals surface area contributed by atoms with Crippen LogP contribution >= 0.6 is 11.9 Å². The third kappa shape index (κ3) is 2.72. The van der Waals surface area contributed by atoms with Gasteiger partial charge in [-0.1, -0.05) is 60.7 Å². The molecule has 0 radical (unpaired) electrons. The Morgan fingerprint density at radius 3 is 2.44 bits per heavy atom. The lowest BCUT2D eigenvalue weighted by Crippen LogP contribution is -2.25. The highest BCUT2D eigenvalue weighted by molar-refractivity contribution is 7.97. The molecule has 0 atom stereocenters. The van der Waals surface area contributed by atoms with E-state index in [4.69, 9.17) is 0 Å². The van der Waals surface area contributed by atoms with Crippen molar-refractivity contribution in [2.75, 3.05) is 0 Å². The Morgan fingerprint density at radius 2 is 1.68 bits per heavy atom. The number of hydrogen-bond donors (Lipinski definition) is 2. The molecule has 124 valence electrons. The molecule has 0 aliphatic carbocycles. The summed E-state index contributed by atoms with van der Waals surface area (Å²) in [5.41, 5.74) is 1.45. The van der Waals surface area contributed by atoms with Crippen LogP contribution in [0.4, 0.5) is 0 Å². The Morgan fingerprint density at radius 1 is 0.960 bits per heavy atom. The van der Waals surface area contributed by atoms with E-state index in [0.717, 1.165) is 21.2 Å². The summed E-state index contributed by atoms with van der Waals surface area (Å²) >= 11 is 1.36. The number of carbonyl (C=O) groups is 1. The van der Waals surface area contributed by atoms with E-state index in [1.807, 2.05) is 60.7 Å². The van der Waals surface area contributed by atoms with Crippen LogP contribution < -0.4 is 0 Å². The van der Waals surface area contributed by atoms with E-state index in [1.54, 1.807) is 10.4 Å². The molecule has 3 aromatic rings. The average molecular weight is 349 g/mol. The molecular weight excluding hydrogens is 334 g/mol. The predicted octanol–water partition coefficient (Wildman–Crippen LogP) is 4.67. The van der Waals surface area contributed by atoms with Crippen molar-refractivity contribution in [3.63, 3.8) is 0 Å². The molecule has 4 rings (SSSR count). The first kappa shape index (κ1) is 15.6. The van der Waals surface area contributed by atoms with Crippen molar-refractivity contribution < 1.29 is 15.0 Å². The highest BCUT2D eigenvalue weighted by Crippen LogP contribution is 2.44. The van der Waals surface area contributed by atoms with Crippen LogP contribution in [0.3, 0.4) is 0 Å². The topological polar surface area (TPSA) is 60.8 Å². The smallest absolute Gasteiger partial charge is 0.356 e. The van der Waals surface area contributed by atoms with Gasteiger partial charge >= 0.3 is 5.97 Å². The summed E-state index contributed by atoms with van der Waals surface area (Å²) in [5.74, 6) is -1.33. The highest BCUT2D eigenvalue weighted by atomic mass is 32.2. The standard InChI is InChI=1S/C20H15NO3S/c22-18-16-11-10-14-8-4-5-9-15(14)19(16)25-21(17(18)20(23)24)12-13-6-2-1-3-7-13/h1-11,22H,12H2,(H,23,24). The first-order chi connectivity index (χ1) is 12.1. The molecule has 0 saturated heterocycles. The molecule has 4 nitrogen and oxygen atoms in total. The van der Waals surface area contributed by atoms with Crippen molar-refractivity contribution in [2.24, 2.45) is 0 Å². The van der Waals surface area contributed by atoms with Crippen LogP contribution in [0.2, 0.25) is 0 Å². The highest BCUT2D eigenvalue weighted by Gasteiger charge is 2.31. The molecule has 0 aromatic heterocycles. The van der Waals surface area contributed by atoms with Crippen molar-refractivity contribution in [2.45, 2.75) is 11.4 Å². The number of nitrogens with zero attached hydrogens (tertiary/aromatic N) is 1. The molecule has 1 heterocycles. The van der Waals surface area contributed by atoms with Gasteiger partial charge in [-0.05, 0) is 34.4 Å². The van der Waals surface area contributed by atoms with Gasteiger partial charge in [0.15, 0.2) is 11.5 Å².